The Kier molecular flexibility index (Phi) is 7.22. The Morgan fingerprint density at radius 1 is 1.30 bits per heavy atom. The fourth-order valence-electron chi connectivity index (χ4n) is 3.29. The molecular weight excluding hydrogens is 438 g/mol. The Morgan fingerprint density at radius 3 is 2.70 bits per heavy atom. The van der Waals surface area contributed by atoms with Crippen LogP contribution in [0, 0.1) is 11.3 Å². The van der Waals surface area contributed by atoms with Crippen LogP contribution in [0.15, 0.2) is 36.7 Å². The highest BCUT2D eigenvalue weighted by Crippen LogP contribution is 2.31. The molecule has 3 rings (SSSR count). The lowest BCUT2D eigenvalue weighted by molar-refractivity contribution is -0.131. The minimum atomic E-state index is -3.12. The molecule has 1 atom stereocenters. The van der Waals surface area contributed by atoms with Gasteiger partial charge in [0.05, 0.1) is 44.1 Å². The fourth-order valence-corrected chi connectivity index (χ4v) is 3.29. The Morgan fingerprint density at radius 2 is 2.03 bits per heavy atom. The van der Waals surface area contributed by atoms with E-state index in [2.05, 4.69) is 15.7 Å². The van der Waals surface area contributed by atoms with Gasteiger partial charge in [0, 0.05) is 18.3 Å². The SMILES string of the molecule is CCOC(=O)Nc1ccc(Cn2cc(C(=O)NCC(=O)N3CC(F)(F)C[C@H]3C#N)cn2)cc1. The van der Waals surface area contributed by atoms with Gasteiger partial charge in [0.2, 0.25) is 5.91 Å². The lowest BCUT2D eigenvalue weighted by Crippen LogP contribution is -2.42. The van der Waals surface area contributed by atoms with Gasteiger partial charge in [0.1, 0.15) is 6.04 Å². The van der Waals surface area contributed by atoms with Gasteiger partial charge in [-0.3, -0.25) is 19.6 Å². The van der Waals surface area contributed by atoms with Crippen LogP contribution in [0.2, 0.25) is 0 Å². The van der Waals surface area contributed by atoms with Gasteiger partial charge >= 0.3 is 6.09 Å². The van der Waals surface area contributed by atoms with E-state index in [1.807, 2.05) is 0 Å². The van der Waals surface area contributed by atoms with Crippen molar-refractivity contribution in [1.29, 1.82) is 5.26 Å². The number of amides is 3. The van der Waals surface area contributed by atoms with Crippen LogP contribution >= 0.6 is 0 Å². The Labute approximate surface area is 188 Å². The third kappa shape index (κ3) is 6.25. The molecule has 1 fully saturated rings. The lowest BCUT2D eigenvalue weighted by Gasteiger charge is -2.19. The molecule has 0 bridgehead atoms. The second-order valence-corrected chi connectivity index (χ2v) is 7.38. The van der Waals surface area contributed by atoms with Crippen molar-refractivity contribution in [2.75, 3.05) is 25.0 Å². The van der Waals surface area contributed by atoms with Gasteiger partial charge < -0.3 is 15.0 Å². The summed E-state index contributed by atoms with van der Waals surface area (Å²) in [6.07, 6.45) is 1.54. The smallest absolute Gasteiger partial charge is 0.411 e. The summed E-state index contributed by atoms with van der Waals surface area (Å²) >= 11 is 0. The van der Waals surface area contributed by atoms with Crippen LogP contribution in [-0.4, -0.2) is 64.2 Å². The Hall–Kier alpha value is -4.01. The second-order valence-electron chi connectivity index (χ2n) is 7.38. The number of nitrogens with zero attached hydrogens (tertiary/aromatic N) is 4. The Balaban J connectivity index is 1.51. The van der Waals surface area contributed by atoms with Gasteiger partial charge in [0.15, 0.2) is 0 Å². The number of carbonyl (C=O) groups is 3. The van der Waals surface area contributed by atoms with E-state index in [0.29, 0.717) is 12.2 Å². The number of likely N-dealkylation sites (tertiary alicyclic amines) is 1. The number of nitrogens with one attached hydrogen (secondary N) is 2. The van der Waals surface area contributed by atoms with Crippen LogP contribution in [0.25, 0.3) is 0 Å². The average molecular weight is 460 g/mol. The van der Waals surface area contributed by atoms with Gasteiger partial charge in [-0.2, -0.15) is 10.4 Å². The van der Waals surface area contributed by atoms with Gasteiger partial charge in [-0.15, -0.1) is 0 Å². The van der Waals surface area contributed by atoms with E-state index in [0.717, 1.165) is 10.5 Å². The summed E-state index contributed by atoms with van der Waals surface area (Å²) in [6.45, 7) is 0.970. The highest BCUT2D eigenvalue weighted by Gasteiger charge is 2.47. The molecule has 0 aliphatic carbocycles. The Bertz CT molecular complexity index is 1060. The summed E-state index contributed by atoms with van der Waals surface area (Å²) in [4.78, 5) is 36.7. The zero-order chi connectivity index (χ0) is 24.0. The summed E-state index contributed by atoms with van der Waals surface area (Å²) < 4.78 is 33.3. The van der Waals surface area contributed by atoms with Crippen molar-refractivity contribution < 1.29 is 27.9 Å². The van der Waals surface area contributed by atoms with Crippen LogP contribution in [0.4, 0.5) is 19.3 Å². The molecule has 2 heterocycles. The van der Waals surface area contributed by atoms with Crippen LogP contribution in [0.5, 0.6) is 0 Å². The maximum atomic E-state index is 13.5. The first-order valence-corrected chi connectivity index (χ1v) is 10.1. The van der Waals surface area contributed by atoms with Crippen molar-refractivity contribution in [1.82, 2.24) is 20.0 Å². The monoisotopic (exact) mass is 460 g/mol. The number of hydrogen-bond acceptors (Lipinski definition) is 6. The first kappa shape index (κ1) is 23.6. The molecule has 1 aromatic heterocycles. The molecule has 10 nitrogen and oxygen atoms in total. The number of carbonyl (C=O) groups excluding carboxylic acids is 3. The van der Waals surface area contributed by atoms with Crippen LogP contribution in [0.1, 0.15) is 29.3 Å². The van der Waals surface area contributed by atoms with Crippen molar-refractivity contribution in [3.05, 3.63) is 47.8 Å². The summed E-state index contributed by atoms with van der Waals surface area (Å²) in [6, 6.07) is 7.42. The van der Waals surface area contributed by atoms with Gasteiger partial charge in [-0.05, 0) is 24.6 Å². The molecule has 1 saturated heterocycles. The largest absolute Gasteiger partial charge is 0.450 e. The summed E-state index contributed by atoms with van der Waals surface area (Å²) in [5.41, 5.74) is 1.61. The van der Waals surface area contributed by atoms with Crippen LogP contribution in [0.3, 0.4) is 0 Å². The average Bonchev–Trinajstić information content (AvgIpc) is 3.37. The minimum absolute atomic E-state index is 0.187. The minimum Gasteiger partial charge on any atom is -0.450 e. The molecule has 174 valence electrons. The number of aromatic nitrogens is 2. The van der Waals surface area contributed by atoms with E-state index in [4.69, 9.17) is 10.00 Å². The molecule has 0 saturated carbocycles. The molecule has 12 heteroatoms. The summed E-state index contributed by atoms with van der Waals surface area (Å²) in [7, 11) is 0. The van der Waals surface area contributed by atoms with Gasteiger partial charge in [0.25, 0.3) is 11.8 Å². The van der Waals surface area contributed by atoms with Crippen molar-refractivity contribution in [3.63, 3.8) is 0 Å². The van der Waals surface area contributed by atoms with Crippen LogP contribution < -0.4 is 10.6 Å². The highest BCUT2D eigenvalue weighted by molar-refractivity contribution is 5.96. The number of alkyl halides is 2. The number of nitriles is 1. The number of anilines is 1. The van der Waals surface area contributed by atoms with Crippen molar-refractivity contribution >= 4 is 23.6 Å². The maximum absolute atomic E-state index is 13.5. The molecule has 0 radical (unpaired) electrons. The molecule has 3 amide bonds. The van der Waals surface area contributed by atoms with Crippen LogP contribution in [-0.2, 0) is 16.1 Å². The highest BCUT2D eigenvalue weighted by atomic mass is 19.3. The van der Waals surface area contributed by atoms with E-state index in [1.165, 1.54) is 17.1 Å². The lowest BCUT2D eigenvalue weighted by atomic mass is 10.2. The van der Waals surface area contributed by atoms with E-state index in [9.17, 15) is 23.2 Å². The van der Waals surface area contributed by atoms with Crippen molar-refractivity contribution in [3.8, 4) is 6.07 Å². The van der Waals surface area contributed by atoms with Gasteiger partial charge in [-0.1, -0.05) is 12.1 Å². The zero-order valence-electron chi connectivity index (χ0n) is 17.8. The van der Waals surface area contributed by atoms with E-state index >= 15 is 0 Å². The molecule has 2 N–H and O–H groups in total. The normalized spacial score (nSPS) is 16.7. The van der Waals surface area contributed by atoms with Gasteiger partial charge in [-0.25, -0.2) is 13.6 Å². The number of halogens is 2. The first-order chi connectivity index (χ1) is 15.7. The summed E-state index contributed by atoms with van der Waals surface area (Å²) in [5.74, 6) is -4.46. The predicted molar refractivity (Wildman–Crippen MR) is 111 cm³/mol. The molecule has 1 aliphatic heterocycles. The van der Waals surface area contributed by atoms with E-state index in [1.54, 1.807) is 37.3 Å². The van der Waals surface area contributed by atoms with E-state index < -0.39 is 49.4 Å². The second kappa shape index (κ2) is 10.1. The molecular formula is C21H22F2N6O4. The molecule has 1 aromatic carbocycles. The molecule has 0 unspecified atom stereocenters. The topological polar surface area (TPSA) is 129 Å². The number of hydrogen-bond donors (Lipinski definition) is 2. The number of rotatable bonds is 7. The predicted octanol–water partition coefficient (Wildman–Crippen LogP) is 1.99. The number of benzene rings is 1. The zero-order valence-corrected chi connectivity index (χ0v) is 17.8. The van der Waals surface area contributed by atoms with E-state index in [-0.39, 0.29) is 12.2 Å². The third-order valence-corrected chi connectivity index (χ3v) is 4.86. The first-order valence-electron chi connectivity index (χ1n) is 10.1. The fraction of sp³-hybridized carbons (Fsp3) is 0.381. The molecule has 1 aliphatic rings. The van der Waals surface area contributed by atoms with Crippen molar-refractivity contribution in [2.45, 2.75) is 31.9 Å². The quantitative estimate of drug-likeness (QED) is 0.650. The maximum Gasteiger partial charge on any atom is 0.411 e. The standard InChI is InChI=1S/C21H22F2N6O4/c1-2-33-20(32)27-16-5-3-14(4-6-16)11-28-12-15(9-26-28)19(31)25-10-18(30)29-13-21(22,23)7-17(29)8-24/h3-6,9,12,17H,2,7,10-11,13H2,1H3,(H,25,31)(H,27,32)/t17-/m0/s1. The molecule has 2 aromatic rings. The van der Waals surface area contributed by atoms with Crippen molar-refractivity contribution in [2.24, 2.45) is 0 Å². The molecule has 0 spiro atoms. The summed E-state index contributed by atoms with van der Waals surface area (Å²) in [5, 5.41) is 18.0. The molecule has 33 heavy (non-hydrogen) atoms. The number of ether oxygens (including phenoxy) is 1. The third-order valence-electron chi connectivity index (χ3n) is 4.86.